The fourth-order valence-electron chi connectivity index (χ4n) is 1.70. The highest BCUT2D eigenvalue weighted by atomic mass is 35.5. The van der Waals surface area contributed by atoms with E-state index in [1.807, 2.05) is 12.1 Å². The number of halogens is 1. The van der Waals surface area contributed by atoms with E-state index < -0.39 is 0 Å². The van der Waals surface area contributed by atoms with E-state index in [0.717, 1.165) is 11.0 Å². The van der Waals surface area contributed by atoms with Gasteiger partial charge < -0.3 is 4.98 Å². The summed E-state index contributed by atoms with van der Waals surface area (Å²) in [6.45, 7) is 0. The minimum absolute atomic E-state index is 0.528. The van der Waals surface area contributed by atoms with Gasteiger partial charge >= 0.3 is 0 Å². The van der Waals surface area contributed by atoms with Gasteiger partial charge in [-0.2, -0.15) is 0 Å². The predicted octanol–water partition coefficient (Wildman–Crippen LogP) is 1.86. The Morgan fingerprint density at radius 3 is 2.94 bits per heavy atom. The fourth-order valence-corrected chi connectivity index (χ4v) is 2.16. The molecule has 6 nitrogen and oxygen atoms in total. The van der Waals surface area contributed by atoms with E-state index >= 15 is 0 Å². The summed E-state index contributed by atoms with van der Waals surface area (Å²) < 4.78 is 3.85. The molecule has 86 valence electrons. The second kappa shape index (κ2) is 3.64. The van der Waals surface area contributed by atoms with Crippen molar-refractivity contribution in [2.75, 3.05) is 0 Å². The number of nitrogens with zero attached hydrogens (tertiary/aromatic N) is 5. The van der Waals surface area contributed by atoms with Crippen molar-refractivity contribution in [1.82, 2.24) is 29.8 Å². The molecule has 3 aromatic rings. The lowest BCUT2D eigenvalue weighted by Gasteiger charge is -2.00. The van der Waals surface area contributed by atoms with Crippen molar-refractivity contribution in [3.8, 4) is 5.95 Å². The summed E-state index contributed by atoms with van der Waals surface area (Å²) in [5.74, 6) is 0.559. The topological polar surface area (TPSA) is 64.3 Å². The number of benzene rings is 1. The SMILES string of the molecule is Cn1nnnc1-n1c(=S)[nH]c2cc(Cl)ccc21. The van der Waals surface area contributed by atoms with Crippen molar-refractivity contribution in [3.63, 3.8) is 0 Å². The summed E-state index contributed by atoms with van der Waals surface area (Å²) in [7, 11) is 1.76. The van der Waals surface area contributed by atoms with E-state index in [2.05, 4.69) is 20.5 Å². The maximum absolute atomic E-state index is 5.93. The minimum Gasteiger partial charge on any atom is -0.330 e. The van der Waals surface area contributed by atoms with Gasteiger partial charge in [-0.1, -0.05) is 16.7 Å². The molecule has 0 amide bonds. The summed E-state index contributed by atoms with van der Waals surface area (Å²) in [5, 5.41) is 12.0. The first-order chi connectivity index (χ1) is 8.16. The van der Waals surface area contributed by atoms with Crippen LogP contribution in [0.15, 0.2) is 18.2 Å². The molecule has 0 aliphatic carbocycles. The molecule has 0 aliphatic rings. The minimum atomic E-state index is 0.528. The summed E-state index contributed by atoms with van der Waals surface area (Å²) >= 11 is 11.2. The number of aryl methyl sites for hydroxylation is 1. The highest BCUT2D eigenvalue weighted by Crippen LogP contribution is 2.21. The molecule has 2 aromatic heterocycles. The standard InChI is InChI=1S/C9H7ClN6S/c1-15-8(12-13-14-15)16-7-3-2-5(10)4-6(7)11-9(16)17/h2-4H,1H3,(H,11,17). The summed E-state index contributed by atoms with van der Waals surface area (Å²) in [6, 6.07) is 5.48. The van der Waals surface area contributed by atoms with Crippen LogP contribution in [0.25, 0.3) is 17.0 Å². The van der Waals surface area contributed by atoms with Crippen molar-refractivity contribution < 1.29 is 0 Å². The van der Waals surface area contributed by atoms with E-state index in [0.29, 0.717) is 15.7 Å². The summed E-state index contributed by atoms with van der Waals surface area (Å²) in [5.41, 5.74) is 1.74. The molecule has 0 radical (unpaired) electrons. The molecule has 0 bridgehead atoms. The van der Waals surface area contributed by atoms with Crippen LogP contribution in [0.2, 0.25) is 5.02 Å². The van der Waals surface area contributed by atoms with Crippen molar-refractivity contribution in [2.24, 2.45) is 7.05 Å². The molecule has 0 aliphatic heterocycles. The summed E-state index contributed by atoms with van der Waals surface area (Å²) in [4.78, 5) is 3.07. The van der Waals surface area contributed by atoms with Crippen LogP contribution in [-0.2, 0) is 7.05 Å². The maximum atomic E-state index is 5.93. The Hall–Kier alpha value is -1.73. The zero-order valence-corrected chi connectivity index (χ0v) is 10.3. The van der Waals surface area contributed by atoms with E-state index in [9.17, 15) is 0 Å². The number of aromatic nitrogens is 6. The normalized spacial score (nSPS) is 11.2. The van der Waals surface area contributed by atoms with Gasteiger partial charge in [-0.25, -0.2) is 4.68 Å². The molecule has 1 N–H and O–H groups in total. The first kappa shape index (κ1) is 10.4. The van der Waals surface area contributed by atoms with E-state index in [-0.39, 0.29) is 0 Å². The Labute approximate surface area is 106 Å². The second-order valence-corrected chi connectivity index (χ2v) is 4.35. The molecule has 0 saturated carbocycles. The second-order valence-electron chi connectivity index (χ2n) is 3.53. The molecular weight excluding hydrogens is 260 g/mol. The number of tetrazole rings is 1. The van der Waals surface area contributed by atoms with Crippen molar-refractivity contribution in [1.29, 1.82) is 0 Å². The predicted molar refractivity (Wildman–Crippen MR) is 65.8 cm³/mol. The average Bonchev–Trinajstić information content (AvgIpc) is 2.80. The first-order valence-electron chi connectivity index (χ1n) is 4.80. The molecule has 8 heteroatoms. The van der Waals surface area contributed by atoms with Crippen LogP contribution in [-0.4, -0.2) is 29.8 Å². The third kappa shape index (κ3) is 1.55. The van der Waals surface area contributed by atoms with Crippen LogP contribution in [0.5, 0.6) is 0 Å². The van der Waals surface area contributed by atoms with Gasteiger partial charge in [0.1, 0.15) is 0 Å². The number of rotatable bonds is 1. The quantitative estimate of drug-likeness (QED) is 0.683. The third-order valence-corrected chi connectivity index (χ3v) is 2.96. The lowest BCUT2D eigenvalue weighted by atomic mass is 10.3. The number of hydrogen-bond acceptors (Lipinski definition) is 4. The molecule has 0 saturated heterocycles. The van der Waals surface area contributed by atoms with Crippen LogP contribution in [0, 0.1) is 4.77 Å². The van der Waals surface area contributed by atoms with E-state index in [4.69, 9.17) is 23.8 Å². The van der Waals surface area contributed by atoms with Crippen molar-refractivity contribution in [3.05, 3.63) is 28.0 Å². The van der Waals surface area contributed by atoms with Crippen LogP contribution in [0.1, 0.15) is 0 Å². The number of hydrogen-bond donors (Lipinski definition) is 1. The van der Waals surface area contributed by atoms with Gasteiger partial charge in [-0.05, 0) is 40.8 Å². The first-order valence-corrected chi connectivity index (χ1v) is 5.58. The Morgan fingerprint density at radius 2 is 2.24 bits per heavy atom. The molecular formula is C9H7ClN6S. The smallest absolute Gasteiger partial charge is 0.256 e. The summed E-state index contributed by atoms with van der Waals surface area (Å²) in [6.07, 6.45) is 0. The zero-order chi connectivity index (χ0) is 12.0. The lowest BCUT2D eigenvalue weighted by molar-refractivity contribution is 0.693. The van der Waals surface area contributed by atoms with Crippen LogP contribution < -0.4 is 0 Å². The van der Waals surface area contributed by atoms with Crippen molar-refractivity contribution in [2.45, 2.75) is 0 Å². The molecule has 1 aromatic carbocycles. The van der Waals surface area contributed by atoms with Crippen LogP contribution >= 0.6 is 23.8 Å². The van der Waals surface area contributed by atoms with Gasteiger partial charge in [-0.3, -0.25) is 4.57 Å². The van der Waals surface area contributed by atoms with Gasteiger partial charge in [0.2, 0.25) is 0 Å². The van der Waals surface area contributed by atoms with Gasteiger partial charge in [0.15, 0.2) is 4.77 Å². The monoisotopic (exact) mass is 266 g/mol. The van der Waals surface area contributed by atoms with Crippen LogP contribution in [0.4, 0.5) is 0 Å². The molecule has 0 spiro atoms. The van der Waals surface area contributed by atoms with Gasteiger partial charge in [0, 0.05) is 12.1 Å². The molecule has 0 atom stereocenters. The zero-order valence-electron chi connectivity index (χ0n) is 8.75. The Kier molecular flexibility index (Phi) is 2.23. The van der Waals surface area contributed by atoms with Crippen molar-refractivity contribution >= 4 is 34.9 Å². The van der Waals surface area contributed by atoms with Gasteiger partial charge in [-0.15, -0.1) is 0 Å². The van der Waals surface area contributed by atoms with Gasteiger partial charge in [0.05, 0.1) is 11.0 Å². The average molecular weight is 267 g/mol. The highest BCUT2D eigenvalue weighted by molar-refractivity contribution is 7.71. The molecule has 17 heavy (non-hydrogen) atoms. The number of aromatic amines is 1. The lowest BCUT2D eigenvalue weighted by Crippen LogP contribution is -2.04. The highest BCUT2D eigenvalue weighted by Gasteiger charge is 2.11. The largest absolute Gasteiger partial charge is 0.330 e. The Bertz CT molecular complexity index is 754. The molecule has 0 unspecified atom stereocenters. The number of imidazole rings is 1. The molecule has 3 rings (SSSR count). The Balaban J connectivity index is 2.41. The van der Waals surface area contributed by atoms with Crippen LogP contribution in [0.3, 0.4) is 0 Å². The van der Waals surface area contributed by atoms with Gasteiger partial charge in [0.25, 0.3) is 5.95 Å². The van der Waals surface area contributed by atoms with E-state index in [1.165, 1.54) is 0 Å². The Morgan fingerprint density at radius 1 is 1.41 bits per heavy atom. The maximum Gasteiger partial charge on any atom is 0.256 e. The molecule has 2 heterocycles. The third-order valence-electron chi connectivity index (χ3n) is 2.44. The number of nitrogens with one attached hydrogen (secondary N) is 1. The fraction of sp³-hybridized carbons (Fsp3) is 0.111. The molecule has 0 fully saturated rings. The number of fused-ring (bicyclic) bond motifs is 1. The van der Waals surface area contributed by atoms with E-state index in [1.54, 1.807) is 22.4 Å². The number of H-pyrrole nitrogens is 1.